The Balaban J connectivity index is 2.10. The molecule has 1 aromatic rings. The number of carbonyl (C=O) groups excluding carboxylic acids is 5. The zero-order valence-electron chi connectivity index (χ0n) is 18.5. The maximum atomic E-state index is 11.7. The Morgan fingerprint density at radius 3 is 1.88 bits per heavy atom. The molecule has 0 heterocycles. The maximum Gasteiger partial charge on any atom is 0.407 e. The molecule has 176 valence electrons. The number of carbonyl (C=O) groups is 5. The molecule has 0 aliphatic carbocycles. The van der Waals surface area contributed by atoms with E-state index >= 15 is 0 Å². The Morgan fingerprint density at radius 2 is 1.31 bits per heavy atom. The third-order valence-electron chi connectivity index (χ3n) is 3.57. The minimum absolute atomic E-state index is 0.00774. The first kappa shape index (κ1) is 26.4. The van der Waals surface area contributed by atoms with Crippen molar-refractivity contribution in [2.24, 2.45) is 0 Å². The van der Waals surface area contributed by atoms with Gasteiger partial charge < -0.3 is 30.7 Å². The molecule has 11 heteroatoms. The number of alkyl carbamates (subject to hydrolysis) is 1. The van der Waals surface area contributed by atoms with Gasteiger partial charge in [-0.15, -0.1) is 0 Å². The van der Waals surface area contributed by atoms with Crippen LogP contribution < -0.4 is 21.3 Å². The molecule has 0 bridgehead atoms. The summed E-state index contributed by atoms with van der Waals surface area (Å²) in [5, 5.41) is 9.36. The van der Waals surface area contributed by atoms with Gasteiger partial charge in [-0.3, -0.25) is 19.2 Å². The highest BCUT2D eigenvalue weighted by Crippen LogP contribution is 2.07. The highest BCUT2D eigenvalue weighted by Gasteiger charge is 2.16. The molecule has 0 saturated heterocycles. The van der Waals surface area contributed by atoms with E-state index in [0.29, 0.717) is 0 Å². The molecule has 0 fully saturated rings. The van der Waals surface area contributed by atoms with E-state index in [9.17, 15) is 24.0 Å². The van der Waals surface area contributed by atoms with Gasteiger partial charge in [0, 0.05) is 6.54 Å². The monoisotopic (exact) mass is 450 g/mol. The Hall–Kier alpha value is -3.63. The van der Waals surface area contributed by atoms with Crippen LogP contribution in [0.15, 0.2) is 30.3 Å². The summed E-state index contributed by atoms with van der Waals surface area (Å²) in [7, 11) is 0. The van der Waals surface area contributed by atoms with Crippen molar-refractivity contribution < 1.29 is 33.4 Å². The molecule has 4 amide bonds. The first-order valence-corrected chi connectivity index (χ1v) is 10.0. The van der Waals surface area contributed by atoms with Crippen LogP contribution in [0.1, 0.15) is 32.8 Å². The zero-order valence-corrected chi connectivity index (χ0v) is 18.5. The van der Waals surface area contributed by atoms with E-state index < -0.39 is 35.4 Å². The van der Waals surface area contributed by atoms with E-state index in [1.165, 1.54) is 0 Å². The average Bonchev–Trinajstić information content (AvgIpc) is 2.72. The van der Waals surface area contributed by atoms with Crippen molar-refractivity contribution in [2.45, 2.75) is 39.4 Å². The van der Waals surface area contributed by atoms with E-state index in [1.54, 1.807) is 32.9 Å². The van der Waals surface area contributed by atoms with Crippen molar-refractivity contribution in [3.8, 4) is 0 Å². The molecule has 1 aromatic carbocycles. The van der Waals surface area contributed by atoms with E-state index in [-0.39, 0.29) is 39.2 Å². The zero-order chi connectivity index (χ0) is 24.0. The Kier molecular flexibility index (Phi) is 11.2. The van der Waals surface area contributed by atoms with Crippen LogP contribution in [0.25, 0.3) is 0 Å². The van der Waals surface area contributed by atoms with Crippen LogP contribution in [0.3, 0.4) is 0 Å². The molecule has 11 nitrogen and oxygen atoms in total. The van der Waals surface area contributed by atoms with Crippen molar-refractivity contribution in [3.05, 3.63) is 35.9 Å². The van der Waals surface area contributed by atoms with E-state index in [0.717, 1.165) is 5.56 Å². The molecular weight excluding hydrogens is 420 g/mol. The predicted molar refractivity (Wildman–Crippen MR) is 114 cm³/mol. The van der Waals surface area contributed by atoms with Gasteiger partial charge in [0.1, 0.15) is 18.8 Å². The highest BCUT2D eigenvalue weighted by molar-refractivity contribution is 5.89. The van der Waals surface area contributed by atoms with Crippen LogP contribution >= 0.6 is 0 Å². The molecule has 1 rings (SSSR count). The molecule has 0 unspecified atom stereocenters. The van der Waals surface area contributed by atoms with Gasteiger partial charge in [-0.05, 0) is 26.3 Å². The number of ether oxygens (including phenoxy) is 2. The van der Waals surface area contributed by atoms with E-state index in [2.05, 4.69) is 21.3 Å². The summed E-state index contributed by atoms with van der Waals surface area (Å²) in [5.41, 5.74) is 0.204. The van der Waals surface area contributed by atoms with Crippen LogP contribution in [0.4, 0.5) is 4.79 Å². The fourth-order valence-corrected chi connectivity index (χ4v) is 2.17. The van der Waals surface area contributed by atoms with Gasteiger partial charge in [0.15, 0.2) is 0 Å². The number of esters is 1. The molecule has 0 radical (unpaired) electrons. The molecule has 0 saturated carbocycles. The highest BCUT2D eigenvalue weighted by atomic mass is 16.6. The third kappa shape index (κ3) is 13.6. The molecule has 0 aromatic heterocycles. The first-order chi connectivity index (χ1) is 15.0. The lowest BCUT2D eigenvalue weighted by Gasteiger charge is -2.19. The van der Waals surface area contributed by atoms with Crippen molar-refractivity contribution in [3.63, 3.8) is 0 Å². The largest absolute Gasteiger partial charge is 0.460 e. The molecule has 0 spiro atoms. The standard InChI is InChI=1S/C21H30N4O7/c1-21(2,3)32-19(29)9-10-22-16(26)11-23-17(27)12-24-18(28)13-25-20(30)31-14-15-7-5-4-6-8-15/h4-8H,9-14H2,1-3H3,(H,22,26)(H,23,27)(H,24,28)(H,25,30). The smallest absolute Gasteiger partial charge is 0.407 e. The quantitative estimate of drug-likeness (QED) is 0.346. The van der Waals surface area contributed by atoms with Crippen molar-refractivity contribution in [1.82, 2.24) is 21.3 Å². The fraction of sp³-hybridized carbons (Fsp3) is 0.476. The Morgan fingerprint density at radius 1 is 0.781 bits per heavy atom. The summed E-state index contributed by atoms with van der Waals surface area (Å²) in [6, 6.07) is 9.04. The third-order valence-corrected chi connectivity index (χ3v) is 3.57. The lowest BCUT2D eigenvalue weighted by Crippen LogP contribution is -2.44. The summed E-state index contributed by atoms with van der Waals surface area (Å²) in [5.74, 6) is -2.12. The van der Waals surface area contributed by atoms with Crippen molar-refractivity contribution >= 4 is 29.8 Å². The second-order valence-electron chi connectivity index (χ2n) is 7.66. The fourth-order valence-electron chi connectivity index (χ4n) is 2.17. The minimum atomic E-state index is -0.767. The summed E-state index contributed by atoms with van der Waals surface area (Å²) >= 11 is 0. The number of hydrogen-bond donors (Lipinski definition) is 4. The summed E-state index contributed by atoms with van der Waals surface area (Å²) in [6.45, 7) is 4.31. The second-order valence-corrected chi connectivity index (χ2v) is 7.66. The summed E-state index contributed by atoms with van der Waals surface area (Å²) < 4.78 is 10.1. The van der Waals surface area contributed by atoms with Gasteiger partial charge in [0.2, 0.25) is 17.7 Å². The second kappa shape index (κ2) is 13.6. The number of nitrogens with one attached hydrogen (secondary N) is 4. The van der Waals surface area contributed by atoms with Crippen molar-refractivity contribution in [2.75, 3.05) is 26.2 Å². The summed E-state index contributed by atoms with van der Waals surface area (Å²) in [6.07, 6.45) is -0.759. The molecule has 0 aliphatic heterocycles. The van der Waals surface area contributed by atoms with Crippen LogP contribution in [-0.4, -0.2) is 61.6 Å². The number of hydrogen-bond acceptors (Lipinski definition) is 7. The summed E-state index contributed by atoms with van der Waals surface area (Å²) in [4.78, 5) is 58.1. The van der Waals surface area contributed by atoms with Gasteiger partial charge in [-0.2, -0.15) is 0 Å². The van der Waals surface area contributed by atoms with Gasteiger partial charge in [-0.1, -0.05) is 30.3 Å². The topological polar surface area (TPSA) is 152 Å². The first-order valence-electron chi connectivity index (χ1n) is 10.0. The molecular formula is C21H30N4O7. The molecule has 32 heavy (non-hydrogen) atoms. The lowest BCUT2D eigenvalue weighted by atomic mass is 10.2. The minimum Gasteiger partial charge on any atom is -0.460 e. The van der Waals surface area contributed by atoms with Crippen LogP contribution in [-0.2, 0) is 35.3 Å². The maximum absolute atomic E-state index is 11.7. The van der Waals surface area contributed by atoms with Gasteiger partial charge in [-0.25, -0.2) is 4.79 Å². The van der Waals surface area contributed by atoms with Gasteiger partial charge in [0.25, 0.3) is 0 Å². The molecule has 0 atom stereocenters. The lowest BCUT2D eigenvalue weighted by molar-refractivity contribution is -0.154. The number of rotatable bonds is 11. The normalized spacial score (nSPS) is 10.5. The predicted octanol–water partition coefficient (Wildman–Crippen LogP) is -0.00680. The average molecular weight is 450 g/mol. The van der Waals surface area contributed by atoms with Crippen LogP contribution in [0, 0.1) is 0 Å². The van der Waals surface area contributed by atoms with Crippen LogP contribution in [0.5, 0.6) is 0 Å². The van der Waals surface area contributed by atoms with Gasteiger partial charge >= 0.3 is 12.1 Å². The van der Waals surface area contributed by atoms with Crippen LogP contribution in [0.2, 0.25) is 0 Å². The number of amides is 4. The Labute approximate surface area is 186 Å². The molecule has 4 N–H and O–H groups in total. The Bertz CT molecular complexity index is 791. The molecule has 0 aliphatic rings. The van der Waals surface area contributed by atoms with E-state index in [1.807, 2.05) is 18.2 Å². The SMILES string of the molecule is CC(C)(C)OC(=O)CCNC(=O)CNC(=O)CNC(=O)CNC(=O)OCc1ccccc1. The van der Waals surface area contributed by atoms with Crippen molar-refractivity contribution in [1.29, 1.82) is 0 Å². The van der Waals surface area contributed by atoms with E-state index in [4.69, 9.17) is 9.47 Å². The van der Waals surface area contributed by atoms with Gasteiger partial charge in [0.05, 0.1) is 19.5 Å². The number of benzene rings is 1.